The van der Waals surface area contributed by atoms with Crippen molar-refractivity contribution in [1.29, 1.82) is 0 Å². The number of halogens is 1. The van der Waals surface area contributed by atoms with Gasteiger partial charge in [0.15, 0.2) is 0 Å². The molecule has 0 heterocycles. The highest BCUT2D eigenvalue weighted by Crippen LogP contribution is 2.14. The minimum atomic E-state index is 0.198. The first kappa shape index (κ1) is 10.4. The van der Waals surface area contributed by atoms with Crippen molar-refractivity contribution in [2.75, 3.05) is 12.5 Å². The van der Waals surface area contributed by atoms with E-state index in [1.165, 1.54) is 0 Å². The molecule has 0 bridgehead atoms. The van der Waals surface area contributed by atoms with Gasteiger partial charge in [0.25, 0.3) is 0 Å². The van der Waals surface area contributed by atoms with Crippen molar-refractivity contribution in [2.45, 2.75) is 6.61 Å². The van der Waals surface area contributed by atoms with Crippen molar-refractivity contribution < 1.29 is 9.84 Å². The second kappa shape index (κ2) is 5.15. The van der Waals surface area contributed by atoms with Gasteiger partial charge in [-0.2, -0.15) is 0 Å². The second-order valence-electron chi connectivity index (χ2n) is 2.63. The zero-order valence-electron chi connectivity index (χ0n) is 7.16. The van der Waals surface area contributed by atoms with Crippen LogP contribution in [0.15, 0.2) is 18.2 Å². The molecular weight excluding hydrogens is 186 g/mol. The van der Waals surface area contributed by atoms with Crippen LogP contribution in [0.2, 0.25) is 0 Å². The van der Waals surface area contributed by atoms with Gasteiger partial charge < -0.3 is 9.84 Å². The first-order chi connectivity index (χ1) is 6.24. The number of hydrogen-bond acceptors (Lipinski definition) is 2. The summed E-state index contributed by atoms with van der Waals surface area (Å²) in [6.07, 6.45) is 0. The van der Waals surface area contributed by atoms with E-state index in [1.54, 1.807) is 18.2 Å². The fourth-order valence-corrected chi connectivity index (χ4v) is 1.07. The number of benzene rings is 1. The molecule has 0 amide bonds. The summed E-state index contributed by atoms with van der Waals surface area (Å²) >= 11 is 5.43. The highest BCUT2D eigenvalue weighted by molar-refractivity contribution is 6.32. The Hall–Kier alpha value is -0.665. The van der Waals surface area contributed by atoms with E-state index in [9.17, 15) is 5.11 Å². The quantitative estimate of drug-likeness (QED) is 0.441. The van der Waals surface area contributed by atoms with Crippen LogP contribution in [0.5, 0.6) is 5.75 Å². The Morgan fingerprint density at radius 1 is 1.46 bits per heavy atom. The summed E-state index contributed by atoms with van der Waals surface area (Å²) in [5, 5.41) is 9.37. The normalized spacial score (nSPS) is 10.2. The molecule has 13 heavy (non-hydrogen) atoms. The summed E-state index contributed by atoms with van der Waals surface area (Å²) in [4.78, 5) is 0. The van der Waals surface area contributed by atoms with E-state index >= 15 is 0 Å². The Kier molecular flexibility index (Phi) is 4.13. The van der Waals surface area contributed by atoms with Crippen LogP contribution in [0.1, 0.15) is 5.56 Å². The average Bonchev–Trinajstić information content (AvgIpc) is 2.11. The van der Waals surface area contributed by atoms with Crippen LogP contribution in [0, 0.1) is 0 Å². The fraction of sp³-hybridized carbons (Fsp3) is 0.333. The smallest absolute Gasteiger partial charge is 0.121 e. The van der Waals surface area contributed by atoms with Gasteiger partial charge in [-0.05, 0) is 6.07 Å². The Balaban J connectivity index is 2.59. The SMILES string of the molecule is [B]c1ccc(O)c(COCCCl)c1. The Morgan fingerprint density at radius 3 is 2.92 bits per heavy atom. The lowest BCUT2D eigenvalue weighted by atomic mass is 9.94. The van der Waals surface area contributed by atoms with Crippen LogP contribution < -0.4 is 5.46 Å². The largest absolute Gasteiger partial charge is 0.508 e. The van der Waals surface area contributed by atoms with Gasteiger partial charge in [-0.15, -0.1) is 11.6 Å². The molecule has 1 rings (SSSR count). The number of aromatic hydroxyl groups is 1. The van der Waals surface area contributed by atoms with Crippen LogP contribution in [0.3, 0.4) is 0 Å². The third-order valence-electron chi connectivity index (χ3n) is 1.58. The zero-order valence-corrected chi connectivity index (χ0v) is 7.92. The van der Waals surface area contributed by atoms with Gasteiger partial charge in [-0.1, -0.05) is 17.6 Å². The molecule has 0 aromatic heterocycles. The molecule has 0 aliphatic carbocycles. The summed E-state index contributed by atoms with van der Waals surface area (Å²) in [5.41, 5.74) is 1.30. The Labute approximate surface area is 83.9 Å². The molecule has 2 radical (unpaired) electrons. The van der Waals surface area contributed by atoms with Crippen molar-refractivity contribution >= 4 is 24.9 Å². The lowest BCUT2D eigenvalue weighted by Crippen LogP contribution is -2.04. The molecule has 0 saturated heterocycles. The molecule has 2 nitrogen and oxygen atoms in total. The van der Waals surface area contributed by atoms with Gasteiger partial charge in [-0.3, -0.25) is 0 Å². The lowest BCUT2D eigenvalue weighted by Gasteiger charge is -2.05. The molecule has 0 aliphatic rings. The standard InChI is InChI=1S/C9H10BClO2/c10-8-1-2-9(12)7(5-8)6-13-4-3-11/h1-2,5,12H,3-4,6H2. The molecule has 0 unspecified atom stereocenters. The number of hydrogen-bond donors (Lipinski definition) is 1. The van der Waals surface area contributed by atoms with E-state index in [4.69, 9.17) is 24.2 Å². The summed E-state index contributed by atoms with van der Waals surface area (Å²) < 4.78 is 5.16. The van der Waals surface area contributed by atoms with Gasteiger partial charge in [0.2, 0.25) is 0 Å². The van der Waals surface area contributed by atoms with Crippen LogP contribution in [0.4, 0.5) is 0 Å². The number of rotatable bonds is 4. The molecule has 0 aliphatic heterocycles. The third kappa shape index (κ3) is 3.29. The van der Waals surface area contributed by atoms with Crippen LogP contribution in [-0.4, -0.2) is 25.4 Å². The van der Waals surface area contributed by atoms with Gasteiger partial charge >= 0.3 is 0 Å². The van der Waals surface area contributed by atoms with E-state index in [2.05, 4.69) is 0 Å². The molecular formula is C9H10BClO2. The average molecular weight is 196 g/mol. The molecule has 1 N–H and O–H groups in total. The maximum Gasteiger partial charge on any atom is 0.121 e. The van der Waals surface area contributed by atoms with E-state index in [-0.39, 0.29) is 5.75 Å². The van der Waals surface area contributed by atoms with Crippen molar-refractivity contribution in [3.63, 3.8) is 0 Å². The van der Waals surface area contributed by atoms with Crippen molar-refractivity contribution in [2.24, 2.45) is 0 Å². The van der Waals surface area contributed by atoms with E-state index in [1.807, 2.05) is 0 Å². The minimum Gasteiger partial charge on any atom is -0.508 e. The number of phenolic OH excluding ortho intramolecular Hbond substituents is 1. The fourth-order valence-electron chi connectivity index (χ4n) is 0.958. The summed E-state index contributed by atoms with van der Waals surface area (Å²) in [6.45, 7) is 0.805. The second-order valence-corrected chi connectivity index (χ2v) is 3.01. The predicted octanol–water partition coefficient (Wildman–Crippen LogP) is 0.941. The van der Waals surface area contributed by atoms with Crippen LogP contribution in [-0.2, 0) is 11.3 Å². The van der Waals surface area contributed by atoms with Crippen LogP contribution in [0.25, 0.3) is 0 Å². The van der Waals surface area contributed by atoms with E-state index < -0.39 is 0 Å². The third-order valence-corrected chi connectivity index (χ3v) is 1.74. The van der Waals surface area contributed by atoms with Gasteiger partial charge in [-0.25, -0.2) is 0 Å². The first-order valence-electron chi connectivity index (χ1n) is 3.95. The lowest BCUT2D eigenvalue weighted by molar-refractivity contribution is 0.134. The number of phenols is 1. The highest BCUT2D eigenvalue weighted by Gasteiger charge is 2.00. The molecule has 68 valence electrons. The topological polar surface area (TPSA) is 29.5 Å². The first-order valence-corrected chi connectivity index (χ1v) is 4.48. The summed E-state index contributed by atoms with van der Waals surface area (Å²) in [6, 6.07) is 4.87. The van der Waals surface area contributed by atoms with Gasteiger partial charge in [0, 0.05) is 11.4 Å². The maximum atomic E-state index is 9.37. The molecule has 1 aromatic rings. The maximum absolute atomic E-state index is 9.37. The highest BCUT2D eigenvalue weighted by atomic mass is 35.5. The van der Waals surface area contributed by atoms with E-state index in [0.29, 0.717) is 30.1 Å². The van der Waals surface area contributed by atoms with Crippen LogP contribution >= 0.6 is 11.6 Å². The number of ether oxygens (including phenoxy) is 1. The predicted molar refractivity (Wildman–Crippen MR) is 53.9 cm³/mol. The summed E-state index contributed by atoms with van der Waals surface area (Å²) in [5.74, 6) is 0.645. The van der Waals surface area contributed by atoms with Crippen molar-refractivity contribution in [3.05, 3.63) is 23.8 Å². The molecule has 0 spiro atoms. The minimum absolute atomic E-state index is 0.198. The van der Waals surface area contributed by atoms with E-state index in [0.717, 1.165) is 0 Å². The van der Waals surface area contributed by atoms with Gasteiger partial charge in [0.1, 0.15) is 13.6 Å². The number of alkyl halides is 1. The molecule has 4 heteroatoms. The molecule has 1 aromatic carbocycles. The van der Waals surface area contributed by atoms with Crippen molar-refractivity contribution in [1.82, 2.24) is 0 Å². The Morgan fingerprint density at radius 2 is 2.23 bits per heavy atom. The Bertz CT molecular complexity index is 278. The molecule has 0 fully saturated rings. The molecule has 0 atom stereocenters. The zero-order chi connectivity index (χ0) is 9.68. The van der Waals surface area contributed by atoms with Gasteiger partial charge in [0.05, 0.1) is 13.2 Å². The van der Waals surface area contributed by atoms with Crippen molar-refractivity contribution in [3.8, 4) is 5.75 Å². The monoisotopic (exact) mass is 196 g/mol. The molecule has 0 saturated carbocycles. The summed E-state index contributed by atoms with van der Waals surface area (Å²) in [7, 11) is 5.54.